The quantitative estimate of drug-likeness (QED) is 0.738. The molecule has 0 radical (unpaired) electrons. The predicted octanol–water partition coefficient (Wildman–Crippen LogP) is 3.29. The first kappa shape index (κ1) is 15.9. The van der Waals surface area contributed by atoms with Crippen molar-refractivity contribution in [3.63, 3.8) is 0 Å². The molecule has 0 fully saturated rings. The molecule has 0 spiro atoms. The molecule has 0 aliphatic heterocycles. The summed E-state index contributed by atoms with van der Waals surface area (Å²) in [7, 11) is 0. The molecule has 0 unspecified atom stereocenters. The van der Waals surface area contributed by atoms with Crippen LogP contribution >= 0.6 is 11.6 Å². The van der Waals surface area contributed by atoms with Crippen LogP contribution in [0.5, 0.6) is 0 Å². The summed E-state index contributed by atoms with van der Waals surface area (Å²) in [6, 6.07) is 9.09. The van der Waals surface area contributed by atoms with Crippen LogP contribution in [0, 0.1) is 6.92 Å². The third kappa shape index (κ3) is 4.08. The van der Waals surface area contributed by atoms with Crippen LogP contribution < -0.4 is 10.6 Å². The molecular weight excluding hydrogens is 330 g/mol. The average molecular weight is 344 g/mol. The Hall–Kier alpha value is -2.93. The number of aryl methyl sites for hydroxylation is 1. The lowest BCUT2D eigenvalue weighted by Crippen LogP contribution is -2.13. The standard InChI is InChI=1S/C16H14ClN5O2/c1-10-6-14(22-24-10)21-15(23)12-8-19-16(20-9-12)18-7-11-2-4-13(17)5-3-11/h2-6,8-9H,7H2,1H3,(H,18,19,20)(H,21,22,23). The minimum absolute atomic E-state index is 0.327. The summed E-state index contributed by atoms with van der Waals surface area (Å²) in [6.07, 6.45) is 2.89. The maximum atomic E-state index is 12.0. The van der Waals surface area contributed by atoms with E-state index in [4.69, 9.17) is 16.1 Å². The van der Waals surface area contributed by atoms with Crippen molar-refractivity contribution in [3.05, 3.63) is 64.6 Å². The average Bonchev–Trinajstić information content (AvgIpc) is 2.99. The summed E-state index contributed by atoms with van der Waals surface area (Å²) in [5.74, 6) is 1.04. The molecule has 0 aliphatic carbocycles. The number of carbonyl (C=O) groups excluding carboxylic acids is 1. The van der Waals surface area contributed by atoms with Crippen LogP contribution in [-0.4, -0.2) is 21.0 Å². The zero-order valence-corrected chi connectivity index (χ0v) is 13.5. The fourth-order valence-electron chi connectivity index (χ4n) is 1.93. The Morgan fingerprint density at radius 2 is 1.92 bits per heavy atom. The first-order valence-electron chi connectivity index (χ1n) is 7.15. The van der Waals surface area contributed by atoms with E-state index in [2.05, 4.69) is 25.8 Å². The van der Waals surface area contributed by atoms with E-state index in [0.29, 0.717) is 34.7 Å². The number of hydrogen-bond donors (Lipinski definition) is 2. The fraction of sp³-hybridized carbons (Fsp3) is 0.125. The number of carbonyl (C=O) groups is 1. The Morgan fingerprint density at radius 3 is 2.54 bits per heavy atom. The van der Waals surface area contributed by atoms with Crippen LogP contribution in [0.4, 0.5) is 11.8 Å². The first-order valence-corrected chi connectivity index (χ1v) is 7.53. The summed E-state index contributed by atoms with van der Waals surface area (Å²) >= 11 is 5.84. The Kier molecular flexibility index (Phi) is 4.72. The number of anilines is 2. The van der Waals surface area contributed by atoms with Gasteiger partial charge in [0.1, 0.15) is 5.76 Å². The van der Waals surface area contributed by atoms with Gasteiger partial charge in [-0.25, -0.2) is 9.97 Å². The highest BCUT2D eigenvalue weighted by molar-refractivity contribution is 6.30. The molecule has 2 N–H and O–H groups in total. The van der Waals surface area contributed by atoms with Gasteiger partial charge in [-0.1, -0.05) is 28.9 Å². The van der Waals surface area contributed by atoms with Crippen molar-refractivity contribution in [3.8, 4) is 0 Å². The lowest BCUT2D eigenvalue weighted by atomic mass is 10.2. The van der Waals surface area contributed by atoms with Crippen LogP contribution in [0.2, 0.25) is 5.02 Å². The maximum absolute atomic E-state index is 12.0. The number of rotatable bonds is 5. The van der Waals surface area contributed by atoms with Crippen molar-refractivity contribution >= 4 is 29.3 Å². The molecule has 0 saturated heterocycles. The van der Waals surface area contributed by atoms with Gasteiger partial charge in [-0.2, -0.15) is 0 Å². The van der Waals surface area contributed by atoms with E-state index in [9.17, 15) is 4.79 Å². The second-order valence-corrected chi connectivity index (χ2v) is 5.49. The largest absolute Gasteiger partial charge is 0.360 e. The number of hydrogen-bond acceptors (Lipinski definition) is 6. The van der Waals surface area contributed by atoms with Crippen molar-refractivity contribution in [1.29, 1.82) is 0 Å². The normalized spacial score (nSPS) is 10.4. The number of amides is 1. The van der Waals surface area contributed by atoms with Crippen LogP contribution in [0.25, 0.3) is 0 Å². The minimum Gasteiger partial charge on any atom is -0.360 e. The Balaban J connectivity index is 1.58. The van der Waals surface area contributed by atoms with Crippen LogP contribution in [0.15, 0.2) is 47.2 Å². The minimum atomic E-state index is -0.354. The highest BCUT2D eigenvalue weighted by Crippen LogP contribution is 2.12. The molecule has 3 rings (SSSR count). The van der Waals surface area contributed by atoms with Gasteiger partial charge >= 0.3 is 0 Å². The van der Waals surface area contributed by atoms with Crippen molar-refractivity contribution in [1.82, 2.24) is 15.1 Å². The third-order valence-electron chi connectivity index (χ3n) is 3.15. The van der Waals surface area contributed by atoms with Crippen LogP contribution in [0.3, 0.4) is 0 Å². The zero-order valence-electron chi connectivity index (χ0n) is 12.8. The number of aromatic nitrogens is 3. The number of halogens is 1. The zero-order chi connectivity index (χ0) is 16.9. The van der Waals surface area contributed by atoms with Gasteiger partial charge in [0, 0.05) is 30.0 Å². The van der Waals surface area contributed by atoms with Gasteiger partial charge in [-0.05, 0) is 24.6 Å². The van der Waals surface area contributed by atoms with E-state index in [1.807, 2.05) is 24.3 Å². The van der Waals surface area contributed by atoms with Gasteiger partial charge < -0.3 is 15.2 Å². The molecule has 0 bridgehead atoms. The third-order valence-corrected chi connectivity index (χ3v) is 3.40. The topological polar surface area (TPSA) is 92.9 Å². The van der Waals surface area contributed by atoms with E-state index in [1.165, 1.54) is 12.4 Å². The Morgan fingerprint density at radius 1 is 1.21 bits per heavy atom. The summed E-state index contributed by atoms with van der Waals surface area (Å²) in [4.78, 5) is 20.3. The molecule has 0 saturated carbocycles. The fourth-order valence-corrected chi connectivity index (χ4v) is 2.06. The second-order valence-electron chi connectivity index (χ2n) is 5.05. The lowest BCUT2D eigenvalue weighted by Gasteiger charge is -2.06. The molecule has 7 nitrogen and oxygen atoms in total. The molecule has 24 heavy (non-hydrogen) atoms. The summed E-state index contributed by atoms with van der Waals surface area (Å²) < 4.78 is 4.89. The van der Waals surface area contributed by atoms with Gasteiger partial charge in [0.05, 0.1) is 5.56 Å². The molecule has 2 aromatic heterocycles. The van der Waals surface area contributed by atoms with E-state index in [0.717, 1.165) is 5.56 Å². The highest BCUT2D eigenvalue weighted by Gasteiger charge is 2.10. The van der Waals surface area contributed by atoms with Gasteiger partial charge in [0.25, 0.3) is 5.91 Å². The van der Waals surface area contributed by atoms with Gasteiger partial charge in [-0.15, -0.1) is 0 Å². The second kappa shape index (κ2) is 7.10. The highest BCUT2D eigenvalue weighted by atomic mass is 35.5. The number of benzene rings is 1. The molecule has 3 aromatic rings. The Labute approximate surface area is 143 Å². The van der Waals surface area contributed by atoms with Gasteiger partial charge in [0.15, 0.2) is 5.82 Å². The molecule has 0 aliphatic rings. The van der Waals surface area contributed by atoms with Crippen molar-refractivity contribution in [2.75, 3.05) is 10.6 Å². The summed E-state index contributed by atoms with van der Waals surface area (Å²) in [5.41, 5.74) is 1.37. The number of nitrogens with zero attached hydrogens (tertiary/aromatic N) is 3. The monoisotopic (exact) mass is 343 g/mol. The predicted molar refractivity (Wildman–Crippen MR) is 90.0 cm³/mol. The molecule has 8 heteroatoms. The van der Waals surface area contributed by atoms with E-state index in [1.54, 1.807) is 13.0 Å². The maximum Gasteiger partial charge on any atom is 0.260 e. The van der Waals surface area contributed by atoms with Crippen molar-refractivity contribution in [2.24, 2.45) is 0 Å². The van der Waals surface area contributed by atoms with Gasteiger partial charge in [-0.3, -0.25) is 4.79 Å². The molecule has 1 aromatic carbocycles. The van der Waals surface area contributed by atoms with Gasteiger partial charge in [0.2, 0.25) is 5.95 Å². The first-order chi connectivity index (χ1) is 11.6. The van der Waals surface area contributed by atoms with Crippen LogP contribution in [0.1, 0.15) is 21.7 Å². The van der Waals surface area contributed by atoms with Crippen molar-refractivity contribution < 1.29 is 9.32 Å². The molecule has 1 amide bonds. The summed E-state index contributed by atoms with van der Waals surface area (Å²) in [6.45, 7) is 2.30. The number of nitrogens with one attached hydrogen (secondary N) is 2. The molecule has 0 atom stereocenters. The Bertz CT molecular complexity index is 830. The molecule has 122 valence electrons. The SMILES string of the molecule is Cc1cc(NC(=O)c2cnc(NCc3ccc(Cl)cc3)nc2)no1. The van der Waals surface area contributed by atoms with Crippen molar-refractivity contribution in [2.45, 2.75) is 13.5 Å². The molecular formula is C16H14ClN5O2. The van der Waals surface area contributed by atoms with E-state index < -0.39 is 0 Å². The smallest absolute Gasteiger partial charge is 0.260 e. The van der Waals surface area contributed by atoms with Crippen LogP contribution in [-0.2, 0) is 6.54 Å². The summed E-state index contributed by atoms with van der Waals surface area (Å²) in [5, 5.41) is 10.1. The van der Waals surface area contributed by atoms with E-state index in [-0.39, 0.29) is 5.91 Å². The molecule has 2 heterocycles. The lowest BCUT2D eigenvalue weighted by molar-refractivity contribution is 0.102. The van der Waals surface area contributed by atoms with E-state index >= 15 is 0 Å².